The minimum Gasteiger partial charge on any atom is -0.496 e. The van der Waals surface area contributed by atoms with Gasteiger partial charge in [0, 0.05) is 0 Å². The Morgan fingerprint density at radius 1 is 1.32 bits per heavy atom. The van der Waals surface area contributed by atoms with Crippen molar-refractivity contribution in [1.82, 2.24) is 0 Å². The maximum absolute atomic E-state index is 12.6. The summed E-state index contributed by atoms with van der Waals surface area (Å²) < 4.78 is 42.9. The lowest BCUT2D eigenvalue weighted by Crippen LogP contribution is -2.26. The molecule has 0 atom stereocenters. The van der Waals surface area contributed by atoms with Gasteiger partial charge in [0.2, 0.25) is 0 Å². The van der Waals surface area contributed by atoms with Crippen LogP contribution < -0.4 is 4.74 Å². The number of hydrogen-bond donors (Lipinski definition) is 1. The van der Waals surface area contributed by atoms with E-state index in [0.29, 0.717) is 0 Å². The van der Waals surface area contributed by atoms with Gasteiger partial charge in [-0.25, -0.2) is 0 Å². The molecular formula is C13H15F3O3. The molecule has 0 aliphatic rings. The number of aliphatic carboxylic acids is 1. The van der Waals surface area contributed by atoms with Crippen molar-refractivity contribution < 1.29 is 27.8 Å². The quantitative estimate of drug-likeness (QED) is 0.917. The van der Waals surface area contributed by atoms with Gasteiger partial charge in [0.15, 0.2) is 0 Å². The number of benzene rings is 1. The van der Waals surface area contributed by atoms with Crippen LogP contribution in [0, 0.1) is 5.41 Å². The Bertz CT molecular complexity index is 479. The number of carboxylic acid groups (broad SMARTS) is 1. The molecule has 1 N–H and O–H groups in total. The molecule has 0 aliphatic heterocycles. The van der Waals surface area contributed by atoms with Gasteiger partial charge >= 0.3 is 12.1 Å². The summed E-state index contributed by atoms with van der Waals surface area (Å²) in [6.07, 6.45) is -4.51. The molecule has 19 heavy (non-hydrogen) atoms. The zero-order valence-electron chi connectivity index (χ0n) is 10.8. The van der Waals surface area contributed by atoms with Gasteiger partial charge in [-0.3, -0.25) is 4.79 Å². The third kappa shape index (κ3) is 3.62. The van der Waals surface area contributed by atoms with Crippen LogP contribution in [-0.2, 0) is 17.4 Å². The molecule has 0 bridgehead atoms. The Hall–Kier alpha value is -1.72. The summed E-state index contributed by atoms with van der Waals surface area (Å²) in [4.78, 5) is 11.0. The van der Waals surface area contributed by atoms with E-state index in [2.05, 4.69) is 0 Å². The van der Waals surface area contributed by atoms with E-state index in [-0.39, 0.29) is 17.7 Å². The van der Waals surface area contributed by atoms with Gasteiger partial charge in [0.1, 0.15) is 5.75 Å². The Balaban J connectivity index is 3.21. The highest BCUT2D eigenvalue weighted by molar-refractivity contribution is 5.74. The molecule has 0 aromatic heterocycles. The van der Waals surface area contributed by atoms with E-state index in [1.165, 1.54) is 27.0 Å². The lowest BCUT2D eigenvalue weighted by Gasteiger charge is -2.21. The first-order chi connectivity index (χ1) is 8.58. The summed E-state index contributed by atoms with van der Waals surface area (Å²) in [5.74, 6) is -0.825. The molecule has 3 nitrogen and oxygen atoms in total. The molecule has 0 fully saturated rings. The second-order valence-electron chi connectivity index (χ2n) is 4.89. The molecule has 0 spiro atoms. The van der Waals surface area contributed by atoms with E-state index in [1.807, 2.05) is 0 Å². The van der Waals surface area contributed by atoms with Gasteiger partial charge in [-0.1, -0.05) is 0 Å². The lowest BCUT2D eigenvalue weighted by atomic mass is 9.85. The largest absolute Gasteiger partial charge is 0.496 e. The van der Waals surface area contributed by atoms with Crippen LogP contribution in [0.25, 0.3) is 0 Å². The molecule has 6 heteroatoms. The molecule has 1 aromatic rings. The first-order valence-corrected chi connectivity index (χ1v) is 5.55. The van der Waals surface area contributed by atoms with Crippen molar-refractivity contribution in [2.75, 3.05) is 7.11 Å². The zero-order chi connectivity index (χ0) is 14.8. The Morgan fingerprint density at radius 2 is 1.89 bits per heavy atom. The maximum Gasteiger partial charge on any atom is 0.416 e. The molecule has 0 unspecified atom stereocenters. The number of rotatable bonds is 4. The number of methoxy groups -OCH3 is 1. The second-order valence-corrected chi connectivity index (χ2v) is 4.89. The van der Waals surface area contributed by atoms with Crippen molar-refractivity contribution >= 4 is 5.97 Å². The van der Waals surface area contributed by atoms with Gasteiger partial charge in [0.05, 0.1) is 18.1 Å². The predicted octanol–water partition coefficient (Wildman–Crippen LogP) is 3.37. The predicted molar refractivity (Wildman–Crippen MR) is 63.1 cm³/mol. The van der Waals surface area contributed by atoms with Gasteiger partial charge in [-0.2, -0.15) is 13.2 Å². The van der Waals surface area contributed by atoms with E-state index in [1.54, 1.807) is 0 Å². The van der Waals surface area contributed by atoms with E-state index in [0.717, 1.165) is 12.1 Å². The summed E-state index contributed by atoms with van der Waals surface area (Å²) in [5.41, 5.74) is -1.76. The third-order valence-corrected chi connectivity index (χ3v) is 2.82. The normalized spacial score (nSPS) is 12.3. The average Bonchev–Trinajstić information content (AvgIpc) is 2.27. The fourth-order valence-corrected chi connectivity index (χ4v) is 1.64. The number of carboxylic acids is 1. The van der Waals surface area contributed by atoms with Crippen LogP contribution >= 0.6 is 0 Å². The molecular weight excluding hydrogens is 261 g/mol. The van der Waals surface area contributed by atoms with Crippen LogP contribution in [0.2, 0.25) is 0 Å². The third-order valence-electron chi connectivity index (χ3n) is 2.82. The second kappa shape index (κ2) is 5.11. The van der Waals surface area contributed by atoms with Crippen LogP contribution in [0.5, 0.6) is 5.75 Å². The molecule has 0 heterocycles. The van der Waals surface area contributed by atoms with E-state index >= 15 is 0 Å². The van der Waals surface area contributed by atoms with Crippen molar-refractivity contribution in [3.05, 3.63) is 29.3 Å². The summed E-state index contributed by atoms with van der Waals surface area (Å²) >= 11 is 0. The Labute approximate surface area is 109 Å². The number of carbonyl (C=O) groups is 1. The molecule has 0 aliphatic carbocycles. The molecule has 1 rings (SSSR count). The Kier molecular flexibility index (Phi) is 4.12. The summed E-state index contributed by atoms with van der Waals surface area (Å²) in [5, 5.41) is 9.03. The topological polar surface area (TPSA) is 46.5 Å². The van der Waals surface area contributed by atoms with E-state index < -0.39 is 23.1 Å². The minimum atomic E-state index is -4.46. The molecule has 106 valence electrons. The highest BCUT2D eigenvalue weighted by Gasteiger charge is 2.33. The van der Waals surface area contributed by atoms with Gasteiger partial charge in [0.25, 0.3) is 0 Å². The van der Waals surface area contributed by atoms with Gasteiger partial charge < -0.3 is 9.84 Å². The van der Waals surface area contributed by atoms with Crippen molar-refractivity contribution in [3.8, 4) is 5.75 Å². The summed E-state index contributed by atoms with van der Waals surface area (Å²) in [6, 6.07) is 3.05. The van der Waals surface area contributed by atoms with Gasteiger partial charge in [-0.15, -0.1) is 0 Å². The first kappa shape index (κ1) is 15.3. The smallest absolute Gasteiger partial charge is 0.416 e. The molecule has 0 amide bonds. The standard InChI is InChI=1S/C13H15F3O3/c1-12(2,11(17)18)7-8-6-9(13(14,15)16)4-5-10(8)19-3/h4-6H,7H2,1-3H3,(H,17,18). The van der Waals surface area contributed by atoms with Crippen molar-refractivity contribution in [2.24, 2.45) is 5.41 Å². The van der Waals surface area contributed by atoms with Crippen LogP contribution in [0.3, 0.4) is 0 Å². The van der Waals surface area contributed by atoms with Crippen molar-refractivity contribution in [3.63, 3.8) is 0 Å². The maximum atomic E-state index is 12.6. The number of alkyl halides is 3. The van der Waals surface area contributed by atoms with Crippen LogP contribution in [0.1, 0.15) is 25.0 Å². The fraction of sp³-hybridized carbons (Fsp3) is 0.462. The van der Waals surface area contributed by atoms with Crippen molar-refractivity contribution in [2.45, 2.75) is 26.4 Å². The van der Waals surface area contributed by atoms with Crippen LogP contribution in [0.15, 0.2) is 18.2 Å². The summed E-state index contributed by atoms with van der Waals surface area (Å²) in [7, 11) is 1.33. The minimum absolute atomic E-state index is 0.0462. The number of hydrogen-bond acceptors (Lipinski definition) is 2. The molecule has 0 saturated carbocycles. The average molecular weight is 276 g/mol. The van der Waals surface area contributed by atoms with E-state index in [4.69, 9.17) is 9.84 Å². The lowest BCUT2D eigenvalue weighted by molar-refractivity contribution is -0.146. The van der Waals surface area contributed by atoms with E-state index in [9.17, 15) is 18.0 Å². The van der Waals surface area contributed by atoms with Crippen LogP contribution in [0.4, 0.5) is 13.2 Å². The van der Waals surface area contributed by atoms with Gasteiger partial charge in [-0.05, 0) is 44.0 Å². The van der Waals surface area contributed by atoms with Crippen molar-refractivity contribution in [1.29, 1.82) is 0 Å². The molecule has 0 radical (unpaired) electrons. The SMILES string of the molecule is COc1ccc(C(F)(F)F)cc1CC(C)(C)C(=O)O. The number of halogens is 3. The monoisotopic (exact) mass is 276 g/mol. The first-order valence-electron chi connectivity index (χ1n) is 5.55. The fourth-order valence-electron chi connectivity index (χ4n) is 1.64. The van der Waals surface area contributed by atoms with Crippen LogP contribution in [-0.4, -0.2) is 18.2 Å². The summed E-state index contributed by atoms with van der Waals surface area (Å²) in [6.45, 7) is 2.91. The highest BCUT2D eigenvalue weighted by atomic mass is 19.4. The Morgan fingerprint density at radius 3 is 2.32 bits per heavy atom. The molecule has 1 aromatic carbocycles. The molecule has 0 saturated heterocycles. The number of ether oxygens (including phenoxy) is 1. The zero-order valence-corrected chi connectivity index (χ0v) is 10.8. The highest BCUT2D eigenvalue weighted by Crippen LogP contribution is 2.35.